The summed E-state index contributed by atoms with van der Waals surface area (Å²) in [6.45, 7) is 2.93. The van der Waals surface area contributed by atoms with Gasteiger partial charge in [0.2, 0.25) is 5.91 Å². The molecule has 1 aliphatic carbocycles. The van der Waals surface area contributed by atoms with E-state index in [0.29, 0.717) is 10.7 Å². The van der Waals surface area contributed by atoms with Crippen molar-refractivity contribution in [3.63, 3.8) is 0 Å². The number of carbonyl (C=O) groups excluding carboxylic acids is 1. The van der Waals surface area contributed by atoms with E-state index < -0.39 is 0 Å². The molecule has 2 nitrogen and oxygen atoms in total. The first kappa shape index (κ1) is 11.0. The minimum atomic E-state index is 0.225. The van der Waals surface area contributed by atoms with Crippen LogP contribution in [0.1, 0.15) is 39.0 Å². The van der Waals surface area contributed by atoms with Crippen LogP contribution in [-0.4, -0.2) is 17.3 Å². The fraction of sp³-hybridized carbons (Fsp3) is 0.900. The molecule has 0 heterocycles. The summed E-state index contributed by atoms with van der Waals surface area (Å²) in [4.78, 5) is 11.7. The van der Waals surface area contributed by atoms with Crippen LogP contribution in [-0.2, 0) is 4.79 Å². The third-order valence-electron chi connectivity index (χ3n) is 2.29. The Kier molecular flexibility index (Phi) is 4.78. The third kappa shape index (κ3) is 5.29. The molecule has 1 amide bonds. The Bertz CT molecular complexity index is 168. The zero-order valence-electron chi connectivity index (χ0n) is 8.18. The van der Waals surface area contributed by atoms with E-state index in [1.807, 2.05) is 0 Å². The predicted molar refractivity (Wildman–Crippen MR) is 58.0 cm³/mol. The predicted octanol–water partition coefficient (Wildman–Crippen LogP) is 2.47. The van der Waals surface area contributed by atoms with Crippen molar-refractivity contribution in [1.82, 2.24) is 5.32 Å². The van der Waals surface area contributed by atoms with Gasteiger partial charge in [-0.2, -0.15) is 0 Å². The number of alkyl halides is 1. The van der Waals surface area contributed by atoms with E-state index in [1.54, 1.807) is 0 Å². The van der Waals surface area contributed by atoms with Crippen LogP contribution in [0.25, 0.3) is 0 Å². The van der Waals surface area contributed by atoms with Gasteiger partial charge in [-0.05, 0) is 25.2 Å². The first-order valence-corrected chi connectivity index (χ1v) is 6.04. The maximum Gasteiger partial charge on any atom is 0.220 e. The monoisotopic (exact) mass is 247 g/mol. The molecular weight excluding hydrogens is 230 g/mol. The Labute approximate surface area is 88.6 Å². The van der Waals surface area contributed by atoms with Gasteiger partial charge in [-0.1, -0.05) is 29.3 Å². The largest absolute Gasteiger partial charge is 0.355 e. The Morgan fingerprint density at radius 3 is 2.85 bits per heavy atom. The third-order valence-corrected chi connectivity index (χ3v) is 3.08. The van der Waals surface area contributed by atoms with Gasteiger partial charge in [-0.3, -0.25) is 4.79 Å². The molecule has 0 saturated heterocycles. The van der Waals surface area contributed by atoms with E-state index in [4.69, 9.17) is 0 Å². The fourth-order valence-corrected chi connectivity index (χ4v) is 1.92. The van der Waals surface area contributed by atoms with E-state index in [9.17, 15) is 4.79 Å². The summed E-state index contributed by atoms with van der Waals surface area (Å²) in [7, 11) is 0. The van der Waals surface area contributed by atoms with E-state index in [2.05, 4.69) is 28.2 Å². The molecule has 3 heteroatoms. The van der Waals surface area contributed by atoms with Crippen molar-refractivity contribution in [3.8, 4) is 0 Å². The van der Waals surface area contributed by atoms with Crippen LogP contribution in [0.4, 0.5) is 0 Å². The summed E-state index contributed by atoms with van der Waals surface area (Å²) in [5.41, 5.74) is 0. The number of nitrogens with one attached hydrogen (secondary N) is 1. The Morgan fingerprint density at radius 1 is 1.62 bits per heavy atom. The average Bonchev–Trinajstić information content (AvgIpc) is 2.85. The number of carbonyl (C=O) groups is 1. The quantitative estimate of drug-likeness (QED) is 0.719. The lowest BCUT2D eigenvalue weighted by Crippen LogP contribution is -2.29. The van der Waals surface area contributed by atoms with Crippen molar-refractivity contribution >= 4 is 21.8 Å². The first-order chi connectivity index (χ1) is 6.22. The summed E-state index contributed by atoms with van der Waals surface area (Å²) >= 11 is 3.53. The Hall–Kier alpha value is -0.0500. The average molecular weight is 248 g/mol. The molecule has 0 aromatic heterocycles. The minimum Gasteiger partial charge on any atom is -0.355 e. The van der Waals surface area contributed by atoms with Crippen LogP contribution in [0.5, 0.6) is 0 Å². The second kappa shape index (κ2) is 5.63. The van der Waals surface area contributed by atoms with Crippen molar-refractivity contribution in [1.29, 1.82) is 0 Å². The van der Waals surface area contributed by atoms with Crippen LogP contribution < -0.4 is 5.32 Å². The van der Waals surface area contributed by atoms with Gasteiger partial charge >= 0.3 is 0 Å². The molecule has 13 heavy (non-hydrogen) atoms. The van der Waals surface area contributed by atoms with Gasteiger partial charge in [-0.25, -0.2) is 0 Å². The lowest BCUT2D eigenvalue weighted by atomic mass is 10.2. The van der Waals surface area contributed by atoms with Gasteiger partial charge < -0.3 is 5.32 Å². The highest BCUT2D eigenvalue weighted by Gasteiger charge is 2.24. The smallest absolute Gasteiger partial charge is 0.220 e. The molecule has 1 atom stereocenters. The molecule has 0 aromatic rings. The molecule has 1 saturated carbocycles. The first-order valence-electron chi connectivity index (χ1n) is 5.13. The topological polar surface area (TPSA) is 29.1 Å². The zero-order valence-corrected chi connectivity index (χ0v) is 9.77. The van der Waals surface area contributed by atoms with Gasteiger partial charge in [-0.15, -0.1) is 0 Å². The van der Waals surface area contributed by atoms with Crippen molar-refractivity contribution in [2.24, 2.45) is 5.92 Å². The lowest BCUT2D eigenvalue weighted by molar-refractivity contribution is -0.121. The molecule has 76 valence electrons. The van der Waals surface area contributed by atoms with Gasteiger partial charge in [0.05, 0.1) is 0 Å². The Morgan fingerprint density at radius 2 is 2.31 bits per heavy atom. The summed E-state index contributed by atoms with van der Waals surface area (Å²) in [5.74, 6) is 0.919. The molecule has 1 rings (SSSR count). The molecule has 1 unspecified atom stereocenters. The second-order valence-electron chi connectivity index (χ2n) is 3.84. The molecular formula is C10H18BrNO. The lowest BCUT2D eigenvalue weighted by Gasteiger charge is -2.09. The van der Waals surface area contributed by atoms with Crippen molar-refractivity contribution in [2.75, 3.05) is 6.54 Å². The van der Waals surface area contributed by atoms with Crippen LogP contribution in [0.2, 0.25) is 0 Å². The minimum absolute atomic E-state index is 0.225. The molecule has 1 aliphatic rings. The zero-order chi connectivity index (χ0) is 9.68. The van der Waals surface area contributed by atoms with Crippen molar-refractivity contribution < 1.29 is 4.79 Å². The summed E-state index contributed by atoms with van der Waals surface area (Å²) in [5, 5.41) is 2.95. The molecule has 0 aliphatic heterocycles. The standard InChI is InChI=1S/C10H18BrNO/c1-2-3-9(11)7-12-10(13)6-8-4-5-8/h8-9H,2-7H2,1H3,(H,12,13). The molecule has 0 spiro atoms. The van der Waals surface area contributed by atoms with E-state index in [-0.39, 0.29) is 5.91 Å². The molecule has 0 radical (unpaired) electrons. The summed E-state index contributed by atoms with van der Waals surface area (Å²) in [6.07, 6.45) is 5.53. The fourth-order valence-electron chi connectivity index (χ4n) is 1.30. The highest BCUT2D eigenvalue weighted by Crippen LogP contribution is 2.32. The number of hydrogen-bond donors (Lipinski definition) is 1. The summed E-state index contributed by atoms with van der Waals surface area (Å²) in [6, 6.07) is 0. The van der Waals surface area contributed by atoms with Crippen LogP contribution >= 0.6 is 15.9 Å². The maximum absolute atomic E-state index is 11.3. The van der Waals surface area contributed by atoms with Gasteiger partial charge in [0.15, 0.2) is 0 Å². The van der Waals surface area contributed by atoms with Gasteiger partial charge in [0.1, 0.15) is 0 Å². The summed E-state index contributed by atoms with van der Waals surface area (Å²) < 4.78 is 0. The Balaban J connectivity index is 1.99. The number of amides is 1. The highest BCUT2D eigenvalue weighted by atomic mass is 79.9. The van der Waals surface area contributed by atoms with E-state index in [1.165, 1.54) is 12.8 Å². The normalized spacial score (nSPS) is 18.3. The van der Waals surface area contributed by atoms with Crippen molar-refractivity contribution in [3.05, 3.63) is 0 Å². The SMILES string of the molecule is CCCC(Br)CNC(=O)CC1CC1. The number of hydrogen-bond acceptors (Lipinski definition) is 1. The highest BCUT2D eigenvalue weighted by molar-refractivity contribution is 9.09. The molecule has 1 fully saturated rings. The second-order valence-corrected chi connectivity index (χ2v) is 5.13. The maximum atomic E-state index is 11.3. The molecule has 0 aromatic carbocycles. The van der Waals surface area contributed by atoms with Gasteiger partial charge in [0.25, 0.3) is 0 Å². The van der Waals surface area contributed by atoms with E-state index >= 15 is 0 Å². The molecule has 1 N–H and O–H groups in total. The van der Waals surface area contributed by atoms with Crippen molar-refractivity contribution in [2.45, 2.75) is 43.9 Å². The van der Waals surface area contributed by atoms with E-state index in [0.717, 1.165) is 25.8 Å². The van der Waals surface area contributed by atoms with Crippen LogP contribution in [0.3, 0.4) is 0 Å². The van der Waals surface area contributed by atoms with Crippen LogP contribution in [0.15, 0.2) is 0 Å². The van der Waals surface area contributed by atoms with Crippen LogP contribution in [0, 0.1) is 5.92 Å². The van der Waals surface area contributed by atoms with Gasteiger partial charge in [0, 0.05) is 17.8 Å². The number of rotatable bonds is 6. The number of halogens is 1. The molecule has 0 bridgehead atoms.